The minimum atomic E-state index is -0.174. The molecular formula is C15H15ClN2O2. The summed E-state index contributed by atoms with van der Waals surface area (Å²) in [6, 6.07) is 9.03. The van der Waals surface area contributed by atoms with Gasteiger partial charge in [-0.1, -0.05) is 29.8 Å². The SMILES string of the molecule is O=C(NCc1ccccc1O)c1cc(Cl)cn1C1CC1. The molecule has 1 aromatic carbocycles. The van der Waals surface area contributed by atoms with E-state index in [1.807, 2.05) is 10.6 Å². The first kappa shape index (κ1) is 13.1. The summed E-state index contributed by atoms with van der Waals surface area (Å²) < 4.78 is 1.93. The number of carbonyl (C=O) groups is 1. The van der Waals surface area contributed by atoms with Crippen LogP contribution in [-0.4, -0.2) is 15.6 Å². The molecule has 0 radical (unpaired) electrons. The van der Waals surface area contributed by atoms with Crippen LogP contribution in [0.15, 0.2) is 36.5 Å². The van der Waals surface area contributed by atoms with Crippen molar-refractivity contribution >= 4 is 17.5 Å². The fourth-order valence-electron chi connectivity index (χ4n) is 2.21. The second-order valence-electron chi connectivity index (χ2n) is 4.99. The van der Waals surface area contributed by atoms with E-state index in [4.69, 9.17) is 11.6 Å². The quantitative estimate of drug-likeness (QED) is 0.909. The van der Waals surface area contributed by atoms with E-state index in [0.717, 1.165) is 12.8 Å². The Morgan fingerprint density at radius 1 is 1.40 bits per heavy atom. The minimum Gasteiger partial charge on any atom is -0.508 e. The number of aromatic nitrogens is 1. The maximum absolute atomic E-state index is 12.2. The van der Waals surface area contributed by atoms with Crippen molar-refractivity contribution < 1.29 is 9.90 Å². The molecule has 0 bridgehead atoms. The molecule has 0 aliphatic heterocycles. The molecule has 0 unspecified atom stereocenters. The van der Waals surface area contributed by atoms with Crippen LogP contribution in [0.25, 0.3) is 0 Å². The molecule has 4 nitrogen and oxygen atoms in total. The zero-order valence-electron chi connectivity index (χ0n) is 10.8. The summed E-state index contributed by atoms with van der Waals surface area (Å²) in [6.07, 6.45) is 3.98. The highest BCUT2D eigenvalue weighted by Crippen LogP contribution is 2.37. The summed E-state index contributed by atoms with van der Waals surface area (Å²) in [4.78, 5) is 12.2. The maximum Gasteiger partial charge on any atom is 0.268 e. The van der Waals surface area contributed by atoms with Crippen molar-refractivity contribution in [1.82, 2.24) is 9.88 Å². The average Bonchev–Trinajstić information content (AvgIpc) is 3.20. The molecule has 1 aliphatic rings. The van der Waals surface area contributed by atoms with Crippen LogP contribution in [0.3, 0.4) is 0 Å². The Morgan fingerprint density at radius 3 is 2.85 bits per heavy atom. The van der Waals surface area contributed by atoms with Gasteiger partial charge in [-0.3, -0.25) is 4.79 Å². The van der Waals surface area contributed by atoms with E-state index in [0.29, 0.717) is 28.9 Å². The fraction of sp³-hybridized carbons (Fsp3) is 0.267. The molecule has 1 amide bonds. The molecule has 0 spiro atoms. The van der Waals surface area contributed by atoms with Gasteiger partial charge in [-0.2, -0.15) is 0 Å². The minimum absolute atomic E-state index is 0.174. The number of nitrogens with zero attached hydrogens (tertiary/aromatic N) is 1. The molecule has 2 aromatic rings. The van der Waals surface area contributed by atoms with Crippen LogP contribution in [0.2, 0.25) is 5.02 Å². The van der Waals surface area contributed by atoms with Gasteiger partial charge in [0.1, 0.15) is 11.4 Å². The van der Waals surface area contributed by atoms with Gasteiger partial charge in [-0.25, -0.2) is 0 Å². The normalized spacial score (nSPS) is 14.2. The lowest BCUT2D eigenvalue weighted by Crippen LogP contribution is -2.25. The van der Waals surface area contributed by atoms with Gasteiger partial charge in [0, 0.05) is 24.3 Å². The number of aromatic hydroxyl groups is 1. The molecule has 0 atom stereocenters. The number of para-hydroxylation sites is 1. The standard InChI is InChI=1S/C15H15ClN2O2/c16-11-7-13(18(9-11)12-5-6-12)15(20)17-8-10-3-1-2-4-14(10)19/h1-4,7,9,12,19H,5-6,8H2,(H,17,20). The third-order valence-electron chi connectivity index (χ3n) is 3.42. The molecule has 1 aromatic heterocycles. The van der Waals surface area contributed by atoms with Crippen LogP contribution >= 0.6 is 11.6 Å². The first-order chi connectivity index (χ1) is 9.65. The van der Waals surface area contributed by atoms with Crippen LogP contribution in [0.5, 0.6) is 5.75 Å². The number of halogens is 1. The van der Waals surface area contributed by atoms with Crippen molar-refractivity contribution in [1.29, 1.82) is 0 Å². The highest BCUT2D eigenvalue weighted by molar-refractivity contribution is 6.31. The van der Waals surface area contributed by atoms with Gasteiger partial charge in [0.2, 0.25) is 0 Å². The van der Waals surface area contributed by atoms with Gasteiger partial charge in [0.25, 0.3) is 5.91 Å². The van der Waals surface area contributed by atoms with Crippen molar-refractivity contribution in [2.45, 2.75) is 25.4 Å². The molecule has 1 fully saturated rings. The molecule has 104 valence electrons. The zero-order valence-corrected chi connectivity index (χ0v) is 11.6. The highest BCUT2D eigenvalue weighted by atomic mass is 35.5. The molecule has 5 heteroatoms. The molecule has 1 saturated carbocycles. The second-order valence-corrected chi connectivity index (χ2v) is 5.43. The zero-order chi connectivity index (χ0) is 14.1. The van der Waals surface area contributed by atoms with Crippen LogP contribution in [0, 0.1) is 0 Å². The molecule has 2 N–H and O–H groups in total. The molecule has 0 saturated heterocycles. The van der Waals surface area contributed by atoms with Gasteiger partial charge in [-0.15, -0.1) is 0 Å². The number of rotatable bonds is 4. The van der Waals surface area contributed by atoms with E-state index < -0.39 is 0 Å². The Morgan fingerprint density at radius 2 is 2.15 bits per heavy atom. The van der Waals surface area contributed by atoms with Gasteiger partial charge in [-0.05, 0) is 25.0 Å². The molecule has 3 rings (SSSR count). The Hall–Kier alpha value is -1.94. The summed E-state index contributed by atoms with van der Waals surface area (Å²) in [7, 11) is 0. The number of carbonyl (C=O) groups excluding carboxylic acids is 1. The molecule has 1 heterocycles. The largest absolute Gasteiger partial charge is 0.508 e. The summed E-state index contributed by atoms with van der Waals surface area (Å²) in [5, 5.41) is 13.1. The topological polar surface area (TPSA) is 54.3 Å². The Kier molecular flexibility index (Phi) is 3.40. The van der Waals surface area contributed by atoms with Gasteiger partial charge < -0.3 is 15.0 Å². The number of hydrogen-bond acceptors (Lipinski definition) is 2. The molecular weight excluding hydrogens is 276 g/mol. The Labute approximate surface area is 122 Å². The van der Waals surface area contributed by atoms with Gasteiger partial charge >= 0.3 is 0 Å². The first-order valence-corrected chi connectivity index (χ1v) is 6.95. The Bertz CT molecular complexity index is 647. The van der Waals surface area contributed by atoms with E-state index >= 15 is 0 Å². The number of hydrogen-bond donors (Lipinski definition) is 2. The number of amides is 1. The Balaban J connectivity index is 1.72. The van der Waals surface area contributed by atoms with Crippen LogP contribution in [0.4, 0.5) is 0 Å². The van der Waals surface area contributed by atoms with Crippen molar-refractivity contribution in [2.24, 2.45) is 0 Å². The smallest absolute Gasteiger partial charge is 0.268 e. The summed E-state index contributed by atoms with van der Waals surface area (Å²) >= 11 is 5.98. The van der Waals surface area contributed by atoms with E-state index in [-0.39, 0.29) is 11.7 Å². The van der Waals surface area contributed by atoms with Gasteiger partial charge in [0.15, 0.2) is 0 Å². The molecule has 1 aliphatic carbocycles. The first-order valence-electron chi connectivity index (χ1n) is 6.57. The van der Waals surface area contributed by atoms with Crippen molar-refractivity contribution in [3.8, 4) is 5.75 Å². The predicted octanol–water partition coefficient (Wildman–Crippen LogP) is 3.11. The van der Waals surface area contributed by atoms with Crippen LogP contribution < -0.4 is 5.32 Å². The monoisotopic (exact) mass is 290 g/mol. The fourth-order valence-corrected chi connectivity index (χ4v) is 2.42. The lowest BCUT2D eigenvalue weighted by Gasteiger charge is -2.09. The summed E-state index contributed by atoms with van der Waals surface area (Å²) in [5.41, 5.74) is 1.27. The van der Waals surface area contributed by atoms with Crippen molar-refractivity contribution in [3.05, 3.63) is 52.8 Å². The highest BCUT2D eigenvalue weighted by Gasteiger charge is 2.27. The van der Waals surface area contributed by atoms with Crippen LogP contribution in [0.1, 0.15) is 34.9 Å². The number of phenolic OH excluding ortho intramolecular Hbond substituents is 1. The van der Waals surface area contributed by atoms with Crippen molar-refractivity contribution in [3.63, 3.8) is 0 Å². The number of benzene rings is 1. The third kappa shape index (κ3) is 2.65. The maximum atomic E-state index is 12.2. The number of nitrogens with one attached hydrogen (secondary N) is 1. The molecule has 20 heavy (non-hydrogen) atoms. The van der Waals surface area contributed by atoms with Crippen molar-refractivity contribution in [2.75, 3.05) is 0 Å². The van der Waals surface area contributed by atoms with Crippen LogP contribution in [-0.2, 0) is 6.54 Å². The van der Waals surface area contributed by atoms with E-state index in [9.17, 15) is 9.90 Å². The van der Waals surface area contributed by atoms with E-state index in [2.05, 4.69) is 5.32 Å². The average molecular weight is 291 g/mol. The van der Waals surface area contributed by atoms with Gasteiger partial charge in [0.05, 0.1) is 5.02 Å². The third-order valence-corrected chi connectivity index (χ3v) is 3.63. The lowest BCUT2D eigenvalue weighted by molar-refractivity contribution is 0.0941. The second kappa shape index (κ2) is 5.21. The summed E-state index contributed by atoms with van der Waals surface area (Å²) in [6.45, 7) is 0.291. The lowest BCUT2D eigenvalue weighted by atomic mass is 10.2. The van der Waals surface area contributed by atoms with E-state index in [1.54, 1.807) is 30.5 Å². The predicted molar refractivity (Wildman–Crippen MR) is 77.0 cm³/mol. The summed E-state index contributed by atoms with van der Waals surface area (Å²) in [5.74, 6) is 0.00969. The van der Waals surface area contributed by atoms with E-state index in [1.165, 1.54) is 0 Å². The number of phenols is 1.